The van der Waals surface area contributed by atoms with Gasteiger partial charge >= 0.3 is 252 Å². The Morgan fingerprint density at radius 2 is 1.21 bits per heavy atom. The summed E-state index contributed by atoms with van der Waals surface area (Å²) in [6.07, 6.45) is 5.15. The predicted molar refractivity (Wildman–Crippen MR) is 195 cm³/mol. The fourth-order valence-corrected chi connectivity index (χ4v) is 28.9. The fraction of sp³-hybridized carbons (Fsp3) is 0.282. The van der Waals surface area contributed by atoms with Crippen molar-refractivity contribution < 1.29 is 17.4 Å². The van der Waals surface area contributed by atoms with Crippen molar-refractivity contribution in [2.45, 2.75) is 58.1 Å². The summed E-state index contributed by atoms with van der Waals surface area (Å²) < 4.78 is 6.59. The number of hydrogen-bond acceptors (Lipinski definition) is 0. The summed E-state index contributed by atoms with van der Waals surface area (Å²) in [4.78, 5) is 0. The van der Waals surface area contributed by atoms with Crippen molar-refractivity contribution in [2.24, 2.45) is 5.92 Å². The quantitative estimate of drug-likeness (QED) is 0.181. The Bertz CT molecular complexity index is 1850. The Morgan fingerprint density at radius 3 is 1.77 bits per heavy atom. The van der Waals surface area contributed by atoms with Crippen LogP contribution in [-0.2, 0) is 17.4 Å². The molecule has 2 unspecified atom stereocenters. The summed E-state index contributed by atoms with van der Waals surface area (Å²) in [7, 11) is 0. The van der Waals surface area contributed by atoms with Crippen LogP contribution in [0.15, 0.2) is 90.0 Å². The minimum Gasteiger partial charge on any atom is -0.147 e. The molecule has 0 spiro atoms. The van der Waals surface area contributed by atoms with Crippen LogP contribution in [0.3, 0.4) is 0 Å². The molecule has 6 rings (SSSR count). The summed E-state index contributed by atoms with van der Waals surface area (Å²) in [5.74, 6) is 0.514. The van der Waals surface area contributed by atoms with Crippen molar-refractivity contribution in [1.82, 2.24) is 0 Å². The average molecular weight is 705 g/mol. The van der Waals surface area contributed by atoms with Gasteiger partial charge in [0.05, 0.1) is 0 Å². The molecule has 0 amide bonds. The van der Waals surface area contributed by atoms with E-state index in [0.29, 0.717) is 13.2 Å². The molecule has 224 valence electrons. The van der Waals surface area contributed by atoms with E-state index in [1.54, 1.807) is 22.3 Å². The number of hydrogen-bond donors (Lipinski definition) is 0. The van der Waals surface area contributed by atoms with Gasteiger partial charge in [0.25, 0.3) is 0 Å². The predicted octanol–water partition coefficient (Wildman–Crippen LogP) is 11.4. The van der Waals surface area contributed by atoms with Gasteiger partial charge in [-0.25, -0.2) is 0 Å². The number of rotatable bonds is 5. The topological polar surface area (TPSA) is 0 Å². The third kappa shape index (κ3) is 5.68. The normalized spacial score (nSPS) is 17.4. The van der Waals surface area contributed by atoms with Crippen LogP contribution in [0.5, 0.6) is 0 Å². The van der Waals surface area contributed by atoms with E-state index in [0.717, 1.165) is 0 Å². The number of halogens is 2. The Kier molecular flexibility index (Phi) is 9.54. The Labute approximate surface area is 274 Å². The van der Waals surface area contributed by atoms with Crippen molar-refractivity contribution in [3.05, 3.63) is 129 Å². The summed E-state index contributed by atoms with van der Waals surface area (Å²) in [5.41, 5.74) is 18.9. The first kappa shape index (κ1) is 33.9. The Hall–Kier alpha value is -1.96. The van der Waals surface area contributed by atoms with Gasteiger partial charge in [-0.3, -0.25) is 0 Å². The molecule has 2 aliphatic carbocycles. The van der Waals surface area contributed by atoms with E-state index in [1.807, 2.05) is 0 Å². The third-order valence-corrected chi connectivity index (χ3v) is 27.5. The van der Waals surface area contributed by atoms with Crippen LogP contribution in [0.1, 0.15) is 67.0 Å². The second-order valence-corrected chi connectivity index (χ2v) is 44.8. The zero-order valence-electron chi connectivity index (χ0n) is 26.9. The Balaban J connectivity index is 0.00000212. The monoisotopic (exact) mass is 702 g/mol. The van der Waals surface area contributed by atoms with Gasteiger partial charge in [0.2, 0.25) is 0 Å². The summed E-state index contributed by atoms with van der Waals surface area (Å²) in [6, 6.07) is 29.9. The zero-order valence-corrected chi connectivity index (χ0v) is 32.4. The molecular formula is C39H46Cl2SiZr. The van der Waals surface area contributed by atoms with Gasteiger partial charge in [-0.05, 0) is 0 Å². The van der Waals surface area contributed by atoms with Gasteiger partial charge in [-0.15, -0.1) is 24.8 Å². The van der Waals surface area contributed by atoms with Gasteiger partial charge in [0.15, 0.2) is 0 Å². The standard InChI is InChI=1S/C19H19.C18H17.2CH3.2ClH.H2Si.Zr/c1-13(2)17-11-16-8-5-9-18(19(16)12-17)15-7-4-6-14(3)10-15;1-12-5-4-6-15(9-12)16-8-7-14(3)17-10-13(2)11-18(16)17;;;;;;/h4-13H,1-3H3;4-11H,1-3H3;2*1H3;2*1H;1H2;. The molecule has 0 nitrogen and oxygen atoms in total. The van der Waals surface area contributed by atoms with E-state index in [4.69, 9.17) is 0 Å². The molecule has 43 heavy (non-hydrogen) atoms. The number of fused-ring (bicyclic) bond motifs is 2. The summed E-state index contributed by atoms with van der Waals surface area (Å²) >= 11 is -3.65. The number of allylic oxidation sites excluding steroid dienone is 2. The molecule has 4 aromatic carbocycles. The van der Waals surface area contributed by atoms with Crippen LogP contribution < -0.4 is 0 Å². The molecule has 0 fully saturated rings. The molecule has 2 aliphatic rings. The summed E-state index contributed by atoms with van der Waals surface area (Å²) in [5, 5.41) is 0. The van der Waals surface area contributed by atoms with E-state index in [2.05, 4.69) is 149 Å². The van der Waals surface area contributed by atoms with Crippen LogP contribution >= 0.6 is 24.8 Å². The minimum absolute atomic E-state index is 0. The molecule has 0 radical (unpaired) electrons. The molecule has 0 saturated heterocycles. The molecule has 2 atom stereocenters. The van der Waals surface area contributed by atoms with Gasteiger partial charge in [0.1, 0.15) is 0 Å². The van der Waals surface area contributed by atoms with Crippen molar-refractivity contribution in [3.8, 4) is 22.3 Å². The van der Waals surface area contributed by atoms with Crippen LogP contribution in [0.2, 0.25) is 9.26 Å². The maximum absolute atomic E-state index is 3.65. The second kappa shape index (κ2) is 12.1. The fourth-order valence-electron chi connectivity index (χ4n) is 8.32. The SMILES string of the molecule is CC1=Cc2c(-c3cccc(C)c3)ccc(C)c2[CH]1[Zr]([CH3])([CH3])(=[SiH2])[CH]1C(C(C)C)=Cc2c(-c3cccc(C)c3)cccc21.Cl.Cl. The van der Waals surface area contributed by atoms with Gasteiger partial charge in [-0.2, -0.15) is 0 Å². The maximum atomic E-state index is 2.77. The molecule has 4 heteroatoms. The first-order valence-corrected chi connectivity index (χ1v) is 28.9. The first-order valence-electron chi connectivity index (χ1n) is 15.2. The molecule has 0 saturated carbocycles. The molecule has 0 aromatic heterocycles. The minimum atomic E-state index is -3.65. The van der Waals surface area contributed by atoms with Crippen molar-refractivity contribution >= 4 is 43.8 Å². The molecule has 4 aromatic rings. The van der Waals surface area contributed by atoms with Crippen LogP contribution in [-0.4, -0.2) is 6.88 Å². The van der Waals surface area contributed by atoms with Crippen LogP contribution in [0.25, 0.3) is 34.4 Å². The van der Waals surface area contributed by atoms with E-state index in [1.165, 1.54) is 50.1 Å². The van der Waals surface area contributed by atoms with Crippen molar-refractivity contribution in [2.75, 3.05) is 0 Å². The van der Waals surface area contributed by atoms with E-state index < -0.39 is 17.4 Å². The second-order valence-electron chi connectivity index (χ2n) is 14.3. The molecular weight excluding hydrogens is 659 g/mol. The van der Waals surface area contributed by atoms with E-state index in [9.17, 15) is 0 Å². The third-order valence-electron chi connectivity index (χ3n) is 9.94. The van der Waals surface area contributed by atoms with Crippen molar-refractivity contribution in [3.63, 3.8) is 0 Å². The molecule has 0 aliphatic heterocycles. The van der Waals surface area contributed by atoms with Gasteiger partial charge < -0.3 is 0 Å². The maximum Gasteiger partial charge on any atom is -0.147 e. The van der Waals surface area contributed by atoms with Gasteiger partial charge in [-0.1, -0.05) is 0 Å². The number of benzene rings is 4. The average Bonchev–Trinajstić information content (AvgIpc) is 3.49. The van der Waals surface area contributed by atoms with Crippen LogP contribution in [0.4, 0.5) is 0 Å². The van der Waals surface area contributed by atoms with Crippen LogP contribution in [0, 0.1) is 26.7 Å². The smallest absolute Gasteiger partial charge is 0.147 e. The van der Waals surface area contributed by atoms with Gasteiger partial charge in [0, 0.05) is 0 Å². The Morgan fingerprint density at radius 1 is 0.651 bits per heavy atom. The zero-order chi connectivity index (χ0) is 29.3. The van der Waals surface area contributed by atoms with E-state index in [-0.39, 0.29) is 24.8 Å². The molecule has 0 bridgehead atoms. The molecule has 0 N–H and O–H groups in total. The molecule has 0 heterocycles. The number of aryl methyl sites for hydroxylation is 3. The van der Waals surface area contributed by atoms with Crippen molar-refractivity contribution in [1.29, 1.82) is 0 Å². The first-order chi connectivity index (χ1) is 19.4. The van der Waals surface area contributed by atoms with E-state index >= 15 is 0 Å². The largest absolute Gasteiger partial charge is 0.147 e. The summed E-state index contributed by atoms with van der Waals surface area (Å²) in [6.45, 7) is 16.5.